The van der Waals surface area contributed by atoms with Crippen molar-refractivity contribution in [2.24, 2.45) is 0 Å². The van der Waals surface area contributed by atoms with Crippen molar-refractivity contribution in [2.45, 2.75) is 24.3 Å². The Balaban J connectivity index is 1.33. The van der Waals surface area contributed by atoms with E-state index in [1.165, 1.54) is 27.8 Å². The SMILES string of the molecule is O=C(c1ccc(S(=O)(=O)N2CCCc3ccccc32)cc1)N(Cc1ccccn1)c1nc2ccc(Br)cc2s1. The van der Waals surface area contributed by atoms with E-state index in [1.807, 2.05) is 60.7 Å². The third-order valence-corrected chi connectivity index (χ3v) is 9.98. The van der Waals surface area contributed by atoms with E-state index < -0.39 is 10.0 Å². The van der Waals surface area contributed by atoms with Gasteiger partial charge < -0.3 is 0 Å². The molecular weight excluding hydrogens is 596 g/mol. The molecule has 39 heavy (non-hydrogen) atoms. The number of halogens is 1. The number of amides is 1. The lowest BCUT2D eigenvalue weighted by atomic mass is 10.0. The van der Waals surface area contributed by atoms with Crippen LogP contribution in [0.5, 0.6) is 0 Å². The predicted octanol–water partition coefficient (Wildman–Crippen LogP) is 6.44. The van der Waals surface area contributed by atoms with Crippen LogP contribution in [0.1, 0.15) is 28.0 Å². The second-order valence-corrected chi connectivity index (χ2v) is 12.9. The van der Waals surface area contributed by atoms with Gasteiger partial charge in [-0.3, -0.25) is 19.0 Å². The second kappa shape index (κ2) is 10.5. The van der Waals surface area contributed by atoms with Crippen LogP contribution in [0.3, 0.4) is 0 Å². The molecule has 3 aromatic carbocycles. The number of carbonyl (C=O) groups is 1. The summed E-state index contributed by atoms with van der Waals surface area (Å²) in [5, 5.41) is 0.542. The number of thiazole rings is 1. The predicted molar refractivity (Wildman–Crippen MR) is 158 cm³/mol. The highest BCUT2D eigenvalue weighted by molar-refractivity contribution is 9.10. The first-order valence-electron chi connectivity index (χ1n) is 12.4. The molecule has 0 saturated carbocycles. The Labute approximate surface area is 238 Å². The van der Waals surface area contributed by atoms with Gasteiger partial charge in [-0.05, 0) is 79.1 Å². The maximum Gasteiger partial charge on any atom is 0.264 e. The van der Waals surface area contributed by atoms with E-state index in [0.29, 0.717) is 28.6 Å². The van der Waals surface area contributed by atoms with E-state index in [1.54, 1.807) is 23.2 Å². The number of benzene rings is 3. The molecule has 10 heteroatoms. The third-order valence-electron chi connectivity index (χ3n) is 6.62. The van der Waals surface area contributed by atoms with Gasteiger partial charge in [0, 0.05) is 22.8 Å². The van der Waals surface area contributed by atoms with Gasteiger partial charge >= 0.3 is 0 Å². The Hall–Kier alpha value is -3.60. The number of para-hydroxylation sites is 1. The molecule has 0 N–H and O–H groups in total. The molecule has 5 aromatic rings. The fourth-order valence-corrected chi connectivity index (χ4v) is 7.74. The van der Waals surface area contributed by atoms with Crippen LogP contribution in [-0.2, 0) is 23.0 Å². The summed E-state index contributed by atoms with van der Waals surface area (Å²) < 4.78 is 30.5. The molecular formula is C29H23BrN4O3S2. The van der Waals surface area contributed by atoms with Gasteiger partial charge in [-0.1, -0.05) is 51.5 Å². The Morgan fingerprint density at radius 2 is 1.79 bits per heavy atom. The molecule has 0 fully saturated rings. The molecule has 3 heterocycles. The zero-order valence-corrected chi connectivity index (χ0v) is 23.9. The number of aromatic nitrogens is 2. The highest BCUT2D eigenvalue weighted by Gasteiger charge is 2.29. The number of rotatable bonds is 6. The fourth-order valence-electron chi connectivity index (χ4n) is 4.68. The lowest BCUT2D eigenvalue weighted by molar-refractivity contribution is 0.0984. The zero-order valence-electron chi connectivity index (χ0n) is 20.7. The smallest absolute Gasteiger partial charge is 0.264 e. The van der Waals surface area contributed by atoms with Crippen molar-refractivity contribution in [3.8, 4) is 0 Å². The van der Waals surface area contributed by atoms with Crippen LogP contribution in [0, 0.1) is 0 Å². The Morgan fingerprint density at radius 3 is 2.59 bits per heavy atom. The monoisotopic (exact) mass is 618 g/mol. The number of hydrogen-bond acceptors (Lipinski definition) is 6. The van der Waals surface area contributed by atoms with Crippen LogP contribution in [-0.4, -0.2) is 30.8 Å². The minimum atomic E-state index is -3.78. The topological polar surface area (TPSA) is 83.5 Å². The largest absolute Gasteiger partial charge is 0.278 e. The van der Waals surface area contributed by atoms with Crippen molar-refractivity contribution < 1.29 is 13.2 Å². The van der Waals surface area contributed by atoms with Crippen LogP contribution in [0.15, 0.2) is 100 Å². The number of hydrogen-bond donors (Lipinski definition) is 0. The number of sulfonamides is 1. The number of aryl methyl sites for hydroxylation is 1. The van der Waals surface area contributed by atoms with Gasteiger partial charge in [0.25, 0.3) is 15.9 Å². The van der Waals surface area contributed by atoms with Crippen molar-refractivity contribution in [2.75, 3.05) is 15.7 Å². The fraction of sp³-hybridized carbons (Fsp3) is 0.138. The van der Waals surface area contributed by atoms with E-state index in [9.17, 15) is 13.2 Å². The van der Waals surface area contributed by atoms with Crippen molar-refractivity contribution >= 4 is 64.2 Å². The van der Waals surface area contributed by atoms with Crippen molar-refractivity contribution in [3.05, 3.63) is 112 Å². The molecule has 0 atom stereocenters. The van der Waals surface area contributed by atoms with Gasteiger partial charge in [0.2, 0.25) is 0 Å². The number of fused-ring (bicyclic) bond motifs is 2. The summed E-state index contributed by atoms with van der Waals surface area (Å²) in [6.07, 6.45) is 3.30. The first-order valence-corrected chi connectivity index (χ1v) is 15.4. The van der Waals surface area contributed by atoms with Crippen LogP contribution >= 0.6 is 27.3 Å². The van der Waals surface area contributed by atoms with Gasteiger partial charge in [0.1, 0.15) is 0 Å². The maximum absolute atomic E-state index is 13.8. The molecule has 0 spiro atoms. The van der Waals surface area contributed by atoms with Crippen molar-refractivity contribution in [1.82, 2.24) is 9.97 Å². The number of carbonyl (C=O) groups excluding carboxylic acids is 1. The maximum atomic E-state index is 13.8. The van der Waals surface area contributed by atoms with E-state index in [0.717, 1.165) is 33.1 Å². The van der Waals surface area contributed by atoms with Gasteiger partial charge in [-0.15, -0.1) is 0 Å². The van der Waals surface area contributed by atoms with E-state index >= 15 is 0 Å². The average Bonchev–Trinajstić information content (AvgIpc) is 3.38. The van der Waals surface area contributed by atoms with Gasteiger partial charge in [-0.25, -0.2) is 13.4 Å². The Bertz CT molecular complexity index is 1770. The lowest BCUT2D eigenvalue weighted by Crippen LogP contribution is -2.35. The highest BCUT2D eigenvalue weighted by Crippen LogP contribution is 2.34. The number of nitrogens with zero attached hydrogens (tertiary/aromatic N) is 4. The summed E-state index contributed by atoms with van der Waals surface area (Å²) in [7, 11) is -3.78. The van der Waals surface area contributed by atoms with Crippen molar-refractivity contribution in [3.63, 3.8) is 0 Å². The first kappa shape index (κ1) is 25.7. The summed E-state index contributed by atoms with van der Waals surface area (Å²) >= 11 is 4.91. The van der Waals surface area contributed by atoms with E-state index in [2.05, 4.69) is 20.9 Å². The summed E-state index contributed by atoms with van der Waals surface area (Å²) in [4.78, 5) is 24.7. The molecule has 0 bridgehead atoms. The molecule has 0 saturated heterocycles. The zero-order chi connectivity index (χ0) is 27.0. The van der Waals surface area contributed by atoms with Crippen LogP contribution in [0.4, 0.5) is 10.8 Å². The first-order chi connectivity index (χ1) is 18.9. The summed E-state index contributed by atoms with van der Waals surface area (Å²) in [5.41, 5.74) is 3.61. The van der Waals surface area contributed by atoms with Gasteiger partial charge in [0.15, 0.2) is 5.13 Å². The summed E-state index contributed by atoms with van der Waals surface area (Å²) in [6, 6.07) is 25.1. The highest BCUT2D eigenvalue weighted by atomic mass is 79.9. The third kappa shape index (κ3) is 5.07. The number of anilines is 2. The minimum Gasteiger partial charge on any atom is -0.278 e. The molecule has 196 valence electrons. The van der Waals surface area contributed by atoms with Gasteiger partial charge in [-0.2, -0.15) is 0 Å². The van der Waals surface area contributed by atoms with Gasteiger partial charge in [0.05, 0.1) is 33.0 Å². The molecule has 2 aromatic heterocycles. The minimum absolute atomic E-state index is 0.150. The Kier molecular flexibility index (Phi) is 6.92. The second-order valence-electron chi connectivity index (χ2n) is 9.15. The number of pyridine rings is 1. The quantitative estimate of drug-likeness (QED) is 0.219. The molecule has 1 amide bonds. The molecule has 6 rings (SSSR count). The van der Waals surface area contributed by atoms with Crippen LogP contribution in [0.25, 0.3) is 10.2 Å². The van der Waals surface area contributed by atoms with Crippen LogP contribution < -0.4 is 9.21 Å². The Morgan fingerprint density at radius 1 is 1.00 bits per heavy atom. The standard InChI is InChI=1S/C29H23BrN4O3S2/c30-22-12-15-25-27(18-22)38-29(32-25)33(19-23-8-3-4-16-31-23)28(35)21-10-13-24(14-11-21)39(36,37)34-17-5-7-20-6-1-2-9-26(20)34/h1-4,6,8-16,18H,5,7,17,19H2. The lowest BCUT2D eigenvalue weighted by Gasteiger charge is -2.30. The molecule has 1 aliphatic heterocycles. The van der Waals surface area contributed by atoms with Crippen LogP contribution in [0.2, 0.25) is 0 Å². The summed E-state index contributed by atoms with van der Waals surface area (Å²) in [5.74, 6) is -0.286. The average molecular weight is 620 g/mol. The van der Waals surface area contributed by atoms with Crippen molar-refractivity contribution in [1.29, 1.82) is 0 Å². The molecule has 0 radical (unpaired) electrons. The molecule has 1 aliphatic rings. The molecule has 0 aliphatic carbocycles. The molecule has 7 nitrogen and oxygen atoms in total. The molecule has 0 unspecified atom stereocenters. The normalized spacial score (nSPS) is 13.3. The summed E-state index contributed by atoms with van der Waals surface area (Å²) in [6.45, 7) is 0.650. The van der Waals surface area contributed by atoms with E-state index in [4.69, 9.17) is 4.98 Å². The van der Waals surface area contributed by atoms with E-state index in [-0.39, 0.29) is 17.3 Å².